The first-order valence-corrected chi connectivity index (χ1v) is 9.10. The molecule has 0 aliphatic carbocycles. The van der Waals surface area contributed by atoms with Crippen LogP contribution in [0.5, 0.6) is 0 Å². The maximum atomic E-state index is 12.1. The molecular formula is C20H21NO4S. The van der Waals surface area contributed by atoms with Crippen LogP contribution in [0.3, 0.4) is 0 Å². The number of carbonyl (C=O) groups is 1. The molecule has 2 N–H and O–H groups in total. The van der Waals surface area contributed by atoms with Crippen molar-refractivity contribution >= 4 is 29.0 Å². The van der Waals surface area contributed by atoms with Crippen molar-refractivity contribution in [1.29, 1.82) is 0 Å². The summed E-state index contributed by atoms with van der Waals surface area (Å²) in [4.78, 5) is 11.7. The number of nitrogens with zero attached hydrogens (tertiary/aromatic N) is 1. The van der Waals surface area contributed by atoms with Crippen molar-refractivity contribution in [2.24, 2.45) is 0 Å². The van der Waals surface area contributed by atoms with Gasteiger partial charge in [0.15, 0.2) is 0 Å². The molecule has 6 heteroatoms. The Kier molecular flexibility index (Phi) is 6.89. The smallest absolute Gasteiger partial charge is 0.333 e. The van der Waals surface area contributed by atoms with E-state index in [1.165, 1.54) is 10.4 Å². The van der Waals surface area contributed by atoms with E-state index in [-0.39, 0.29) is 5.57 Å². The highest BCUT2D eigenvalue weighted by Gasteiger charge is 2.28. The first kappa shape index (κ1) is 19.6. The Morgan fingerprint density at radius 2 is 1.73 bits per heavy atom. The largest absolute Gasteiger partial charge is 0.478 e. The number of carboxylic acids is 1. The summed E-state index contributed by atoms with van der Waals surface area (Å²) in [6.45, 7) is 3.51. The summed E-state index contributed by atoms with van der Waals surface area (Å²) in [6.07, 6.45) is 4.80. The van der Waals surface area contributed by atoms with Crippen LogP contribution in [0.1, 0.15) is 18.1 Å². The Balaban J connectivity index is 2.52. The van der Waals surface area contributed by atoms with E-state index >= 15 is 0 Å². The summed E-state index contributed by atoms with van der Waals surface area (Å²) in [5.74, 6) is -1.14. The van der Waals surface area contributed by atoms with Crippen molar-refractivity contribution in [3.63, 3.8) is 0 Å². The van der Waals surface area contributed by atoms with Gasteiger partial charge in [-0.15, -0.1) is 0 Å². The van der Waals surface area contributed by atoms with Crippen LogP contribution in [-0.2, 0) is 16.1 Å². The summed E-state index contributed by atoms with van der Waals surface area (Å²) < 4.78 is 23.1. The molecule has 26 heavy (non-hydrogen) atoms. The number of hydrogen-bond donors (Lipinski definition) is 2. The maximum absolute atomic E-state index is 12.1. The molecule has 2 unspecified atom stereocenters. The molecule has 0 heterocycles. The van der Waals surface area contributed by atoms with Crippen molar-refractivity contribution in [2.75, 3.05) is 4.31 Å². The number of carboxylic acid groups (broad SMARTS) is 1. The molecule has 2 atom stereocenters. The normalized spacial score (nSPS) is 14.2. The van der Waals surface area contributed by atoms with Gasteiger partial charge in [-0.3, -0.25) is 8.86 Å². The molecule has 0 amide bonds. The molecule has 0 saturated carbocycles. The lowest BCUT2D eigenvalue weighted by atomic mass is 10.0. The highest BCUT2D eigenvalue weighted by atomic mass is 32.2. The summed E-state index contributed by atoms with van der Waals surface area (Å²) in [5, 5.41) is 9.55. The molecule has 0 bridgehead atoms. The van der Waals surface area contributed by atoms with Crippen molar-refractivity contribution in [1.82, 2.24) is 0 Å². The number of allylic oxidation sites excluding steroid dienone is 1. The minimum absolute atomic E-state index is 0.0140. The fraction of sp³-hybridized carbons (Fsp3) is 0.150. The minimum atomic E-state index is -2.41. The summed E-state index contributed by atoms with van der Waals surface area (Å²) in [5.41, 5.74) is 2.34. The van der Waals surface area contributed by atoms with Crippen LogP contribution in [0.25, 0.3) is 6.08 Å². The Hall–Kier alpha value is -2.70. The second-order valence-electron chi connectivity index (χ2n) is 5.66. The third-order valence-corrected chi connectivity index (χ3v) is 4.63. The zero-order valence-corrected chi connectivity index (χ0v) is 15.4. The lowest BCUT2D eigenvalue weighted by Gasteiger charge is -2.28. The molecule has 136 valence electrons. The van der Waals surface area contributed by atoms with Gasteiger partial charge in [0.2, 0.25) is 0 Å². The van der Waals surface area contributed by atoms with Crippen LogP contribution in [0.2, 0.25) is 0 Å². The molecule has 0 radical (unpaired) electrons. The van der Waals surface area contributed by atoms with Gasteiger partial charge in [-0.1, -0.05) is 66.3 Å². The fourth-order valence-electron chi connectivity index (χ4n) is 2.53. The van der Waals surface area contributed by atoms with Gasteiger partial charge in [0, 0.05) is 0 Å². The zero-order valence-electron chi connectivity index (χ0n) is 14.6. The van der Waals surface area contributed by atoms with E-state index in [9.17, 15) is 18.7 Å². The van der Waals surface area contributed by atoms with Crippen LogP contribution < -0.4 is 4.31 Å². The first-order valence-electron chi connectivity index (χ1n) is 8.03. The van der Waals surface area contributed by atoms with Gasteiger partial charge < -0.3 is 5.11 Å². The van der Waals surface area contributed by atoms with Crippen molar-refractivity contribution in [3.05, 3.63) is 83.4 Å². The monoisotopic (exact) mass is 371 g/mol. The molecule has 0 aliphatic rings. The number of benzene rings is 2. The number of aryl methyl sites for hydroxylation is 1. The summed E-state index contributed by atoms with van der Waals surface area (Å²) in [6, 6.07) is 15.5. The third-order valence-electron chi connectivity index (χ3n) is 3.86. The SMILES string of the molecule is CC=C(C(=O)O)C(C=Cc1ccccc1)N(c1ccc(C)cc1)S(=O)O. The number of aliphatic carboxylic acids is 1. The van der Waals surface area contributed by atoms with Gasteiger partial charge in [-0.05, 0) is 31.5 Å². The van der Waals surface area contributed by atoms with Crippen LogP contribution in [0.4, 0.5) is 5.69 Å². The highest BCUT2D eigenvalue weighted by molar-refractivity contribution is 7.80. The number of anilines is 1. The molecule has 2 rings (SSSR count). The fourth-order valence-corrected chi connectivity index (χ4v) is 3.22. The van der Waals surface area contributed by atoms with Crippen LogP contribution >= 0.6 is 0 Å². The molecule has 2 aromatic carbocycles. The van der Waals surface area contributed by atoms with Gasteiger partial charge in [-0.2, -0.15) is 0 Å². The number of rotatable bonds is 7. The maximum Gasteiger partial charge on any atom is 0.333 e. The van der Waals surface area contributed by atoms with E-state index in [0.29, 0.717) is 5.69 Å². The van der Waals surface area contributed by atoms with Crippen LogP contribution in [0.15, 0.2) is 72.3 Å². The highest BCUT2D eigenvalue weighted by Crippen LogP contribution is 2.25. The topological polar surface area (TPSA) is 77.8 Å². The second kappa shape index (κ2) is 9.12. The number of hydrogen-bond acceptors (Lipinski definition) is 2. The van der Waals surface area contributed by atoms with Crippen LogP contribution in [0, 0.1) is 6.92 Å². The van der Waals surface area contributed by atoms with Gasteiger partial charge in [0.05, 0.1) is 17.3 Å². The molecule has 0 fully saturated rings. The van der Waals surface area contributed by atoms with Crippen molar-refractivity contribution in [3.8, 4) is 0 Å². The van der Waals surface area contributed by atoms with Gasteiger partial charge in [0.25, 0.3) is 11.3 Å². The minimum Gasteiger partial charge on any atom is -0.478 e. The Bertz CT molecular complexity index is 829. The molecule has 0 aromatic heterocycles. The summed E-state index contributed by atoms with van der Waals surface area (Å²) in [7, 11) is 0. The van der Waals surface area contributed by atoms with Gasteiger partial charge in [-0.25, -0.2) is 9.00 Å². The van der Waals surface area contributed by atoms with Gasteiger partial charge in [0.1, 0.15) is 0 Å². The van der Waals surface area contributed by atoms with E-state index in [2.05, 4.69) is 0 Å². The van der Waals surface area contributed by atoms with Crippen LogP contribution in [-0.4, -0.2) is 25.9 Å². The summed E-state index contributed by atoms with van der Waals surface area (Å²) >= 11 is -2.41. The second-order valence-corrected chi connectivity index (χ2v) is 6.51. The Morgan fingerprint density at radius 3 is 2.23 bits per heavy atom. The average Bonchev–Trinajstić information content (AvgIpc) is 2.62. The lowest BCUT2D eigenvalue weighted by molar-refractivity contribution is -0.132. The van der Waals surface area contributed by atoms with E-state index in [1.807, 2.05) is 49.4 Å². The molecule has 0 spiro atoms. The lowest BCUT2D eigenvalue weighted by Crippen LogP contribution is -2.38. The molecule has 5 nitrogen and oxygen atoms in total. The van der Waals surface area contributed by atoms with E-state index in [4.69, 9.17) is 0 Å². The van der Waals surface area contributed by atoms with Crippen molar-refractivity contribution < 1.29 is 18.7 Å². The average molecular weight is 371 g/mol. The van der Waals surface area contributed by atoms with E-state index in [1.54, 1.807) is 31.2 Å². The van der Waals surface area contributed by atoms with E-state index < -0.39 is 23.3 Å². The predicted octanol–water partition coefficient (Wildman–Crippen LogP) is 4.05. The molecule has 0 aliphatic heterocycles. The molecule has 2 aromatic rings. The Labute approximate surface area is 155 Å². The van der Waals surface area contributed by atoms with Gasteiger partial charge >= 0.3 is 5.97 Å². The predicted molar refractivity (Wildman–Crippen MR) is 105 cm³/mol. The molecular weight excluding hydrogens is 350 g/mol. The molecule has 0 saturated heterocycles. The third kappa shape index (κ3) is 4.91. The van der Waals surface area contributed by atoms with Crippen molar-refractivity contribution in [2.45, 2.75) is 19.9 Å². The standard InChI is InChI=1S/C20H21NO4S/c1-3-18(20(22)23)19(14-11-16-7-5-4-6-8-16)21(26(24)25)17-12-9-15(2)10-13-17/h3-14,19H,1-2H3,(H,22,23)(H,24,25). The van der Waals surface area contributed by atoms with E-state index in [0.717, 1.165) is 11.1 Å². The first-order chi connectivity index (χ1) is 12.4. The quantitative estimate of drug-likeness (QED) is 0.568. The Morgan fingerprint density at radius 1 is 1.12 bits per heavy atom. The zero-order chi connectivity index (χ0) is 19.1.